The van der Waals surface area contributed by atoms with Gasteiger partial charge in [-0.05, 0) is 38.8 Å². The number of amides is 1. The van der Waals surface area contributed by atoms with Crippen molar-refractivity contribution in [2.24, 2.45) is 7.05 Å². The van der Waals surface area contributed by atoms with Gasteiger partial charge in [0.25, 0.3) is 5.91 Å². The molecule has 1 amide bonds. The maximum absolute atomic E-state index is 12.3. The van der Waals surface area contributed by atoms with Gasteiger partial charge >= 0.3 is 0 Å². The molecule has 4 nitrogen and oxygen atoms in total. The van der Waals surface area contributed by atoms with E-state index in [1.165, 1.54) is 5.56 Å². The highest BCUT2D eigenvalue weighted by Crippen LogP contribution is 2.22. The van der Waals surface area contributed by atoms with Crippen molar-refractivity contribution in [3.8, 4) is 0 Å². The van der Waals surface area contributed by atoms with Crippen LogP contribution in [0.5, 0.6) is 0 Å². The van der Waals surface area contributed by atoms with Crippen molar-refractivity contribution in [3.63, 3.8) is 0 Å². The van der Waals surface area contributed by atoms with Crippen LogP contribution in [0.4, 0.5) is 5.69 Å². The lowest BCUT2D eigenvalue weighted by atomic mass is 10.0. The van der Waals surface area contributed by atoms with E-state index in [4.69, 9.17) is 0 Å². The zero-order valence-corrected chi connectivity index (χ0v) is 12.0. The summed E-state index contributed by atoms with van der Waals surface area (Å²) in [5, 5.41) is 7.08. The molecule has 0 radical (unpaired) electrons. The molecule has 0 aliphatic rings. The highest BCUT2D eigenvalue weighted by Gasteiger charge is 2.14. The van der Waals surface area contributed by atoms with Gasteiger partial charge in [0.05, 0.1) is 11.8 Å². The third-order valence-corrected chi connectivity index (χ3v) is 3.40. The summed E-state index contributed by atoms with van der Waals surface area (Å²) < 4.78 is 1.70. The first kappa shape index (κ1) is 13.3. The van der Waals surface area contributed by atoms with Crippen LogP contribution in [0, 0.1) is 27.7 Å². The predicted octanol–water partition coefficient (Wildman–Crippen LogP) is 2.91. The van der Waals surface area contributed by atoms with E-state index >= 15 is 0 Å². The molecule has 0 saturated carbocycles. The molecule has 4 heteroatoms. The molecule has 1 N–H and O–H groups in total. The zero-order valence-electron chi connectivity index (χ0n) is 12.0. The molecule has 1 aromatic heterocycles. The monoisotopic (exact) mass is 257 g/mol. The highest BCUT2D eigenvalue weighted by molar-refractivity contribution is 6.05. The van der Waals surface area contributed by atoms with E-state index in [-0.39, 0.29) is 5.91 Å². The van der Waals surface area contributed by atoms with Crippen LogP contribution >= 0.6 is 0 Å². The first-order chi connectivity index (χ1) is 8.90. The molecule has 0 unspecified atom stereocenters. The summed E-state index contributed by atoms with van der Waals surface area (Å²) in [6.45, 7) is 7.95. The largest absolute Gasteiger partial charge is 0.321 e. The van der Waals surface area contributed by atoms with Crippen LogP contribution < -0.4 is 5.32 Å². The Labute approximate surface area is 113 Å². The van der Waals surface area contributed by atoms with E-state index in [0.717, 1.165) is 22.5 Å². The first-order valence-corrected chi connectivity index (χ1v) is 6.28. The summed E-state index contributed by atoms with van der Waals surface area (Å²) in [5.41, 5.74) is 5.71. The molecule has 1 heterocycles. The minimum absolute atomic E-state index is 0.111. The summed E-state index contributed by atoms with van der Waals surface area (Å²) in [6, 6.07) is 4.14. The van der Waals surface area contributed by atoms with Gasteiger partial charge < -0.3 is 5.32 Å². The summed E-state index contributed by atoms with van der Waals surface area (Å²) >= 11 is 0. The summed E-state index contributed by atoms with van der Waals surface area (Å²) in [4.78, 5) is 12.3. The minimum atomic E-state index is -0.111. The molecule has 0 atom stereocenters. The van der Waals surface area contributed by atoms with Crippen LogP contribution in [0.2, 0.25) is 0 Å². The van der Waals surface area contributed by atoms with Crippen molar-refractivity contribution < 1.29 is 4.79 Å². The Hall–Kier alpha value is -2.10. The molecule has 2 rings (SSSR count). The number of anilines is 1. The summed E-state index contributed by atoms with van der Waals surface area (Å²) in [7, 11) is 1.83. The van der Waals surface area contributed by atoms with Crippen molar-refractivity contribution in [1.29, 1.82) is 0 Å². The van der Waals surface area contributed by atoms with Crippen LogP contribution in [0.3, 0.4) is 0 Å². The van der Waals surface area contributed by atoms with Gasteiger partial charge in [0.15, 0.2) is 0 Å². The van der Waals surface area contributed by atoms with Gasteiger partial charge in [0.2, 0.25) is 0 Å². The Morgan fingerprint density at radius 1 is 1.16 bits per heavy atom. The van der Waals surface area contributed by atoms with E-state index in [0.29, 0.717) is 5.56 Å². The number of rotatable bonds is 2. The number of aryl methyl sites for hydroxylation is 4. The molecule has 2 aromatic rings. The number of aromatic nitrogens is 2. The Kier molecular flexibility index (Phi) is 3.42. The van der Waals surface area contributed by atoms with Crippen LogP contribution in [-0.4, -0.2) is 15.7 Å². The van der Waals surface area contributed by atoms with Gasteiger partial charge in [-0.25, -0.2) is 0 Å². The molecule has 0 spiro atoms. The number of carbonyl (C=O) groups is 1. The lowest BCUT2D eigenvalue weighted by molar-refractivity contribution is 0.102. The number of hydrogen-bond acceptors (Lipinski definition) is 2. The van der Waals surface area contributed by atoms with Gasteiger partial charge in [0, 0.05) is 18.4 Å². The lowest BCUT2D eigenvalue weighted by Crippen LogP contribution is -2.14. The molecule has 0 aliphatic carbocycles. The number of nitrogens with one attached hydrogen (secondary N) is 1. The van der Waals surface area contributed by atoms with Gasteiger partial charge in [-0.2, -0.15) is 5.10 Å². The Morgan fingerprint density at radius 2 is 1.74 bits per heavy atom. The van der Waals surface area contributed by atoms with Crippen molar-refractivity contribution in [3.05, 3.63) is 46.3 Å². The maximum Gasteiger partial charge on any atom is 0.259 e. The van der Waals surface area contributed by atoms with Gasteiger partial charge in [0.1, 0.15) is 0 Å². The van der Waals surface area contributed by atoms with Gasteiger partial charge in [-0.3, -0.25) is 9.48 Å². The summed E-state index contributed by atoms with van der Waals surface area (Å²) in [6.07, 6.45) is 1.60. The quantitative estimate of drug-likeness (QED) is 0.899. The SMILES string of the molecule is Cc1cc(C)c(NC(=O)c2cnn(C)c2C)c(C)c1. The van der Waals surface area contributed by atoms with Crippen molar-refractivity contribution >= 4 is 11.6 Å². The number of hydrogen-bond donors (Lipinski definition) is 1. The van der Waals surface area contributed by atoms with Crippen LogP contribution in [0.25, 0.3) is 0 Å². The third kappa shape index (κ3) is 2.52. The van der Waals surface area contributed by atoms with Gasteiger partial charge in [-0.1, -0.05) is 17.7 Å². The maximum atomic E-state index is 12.3. The average Bonchev–Trinajstić information content (AvgIpc) is 2.64. The molecule has 0 fully saturated rings. The molecule has 19 heavy (non-hydrogen) atoms. The Morgan fingerprint density at radius 3 is 2.21 bits per heavy atom. The molecule has 100 valence electrons. The number of carbonyl (C=O) groups excluding carboxylic acids is 1. The van der Waals surface area contributed by atoms with E-state index in [1.807, 2.05) is 27.8 Å². The normalized spacial score (nSPS) is 10.6. The van der Waals surface area contributed by atoms with Gasteiger partial charge in [-0.15, -0.1) is 0 Å². The molecule has 0 bridgehead atoms. The smallest absolute Gasteiger partial charge is 0.259 e. The predicted molar refractivity (Wildman–Crippen MR) is 76.6 cm³/mol. The topological polar surface area (TPSA) is 46.9 Å². The van der Waals surface area contributed by atoms with E-state index < -0.39 is 0 Å². The molecule has 1 aromatic carbocycles. The fourth-order valence-corrected chi connectivity index (χ4v) is 2.28. The minimum Gasteiger partial charge on any atom is -0.321 e. The molecular weight excluding hydrogens is 238 g/mol. The van der Waals surface area contributed by atoms with Crippen LogP contribution in [-0.2, 0) is 7.05 Å². The molecule has 0 saturated heterocycles. The first-order valence-electron chi connectivity index (χ1n) is 6.28. The van der Waals surface area contributed by atoms with E-state index in [1.54, 1.807) is 10.9 Å². The highest BCUT2D eigenvalue weighted by atomic mass is 16.1. The standard InChI is InChI=1S/C15H19N3O/c1-9-6-10(2)14(11(3)7-9)17-15(19)13-8-16-18(5)12(13)4/h6-8H,1-5H3,(H,17,19). The van der Waals surface area contributed by atoms with Crippen LogP contribution in [0.15, 0.2) is 18.3 Å². The van der Waals surface area contributed by atoms with E-state index in [9.17, 15) is 4.79 Å². The van der Waals surface area contributed by atoms with E-state index in [2.05, 4.69) is 29.5 Å². The molecular formula is C15H19N3O. The fourth-order valence-electron chi connectivity index (χ4n) is 2.28. The fraction of sp³-hybridized carbons (Fsp3) is 0.333. The zero-order chi connectivity index (χ0) is 14.2. The third-order valence-electron chi connectivity index (χ3n) is 3.40. The Bertz CT molecular complexity index is 618. The second-order valence-corrected chi connectivity index (χ2v) is 5.00. The lowest BCUT2D eigenvalue weighted by Gasteiger charge is -2.12. The Balaban J connectivity index is 2.32. The second-order valence-electron chi connectivity index (χ2n) is 5.00. The molecule has 0 aliphatic heterocycles. The van der Waals surface area contributed by atoms with Crippen molar-refractivity contribution in [2.45, 2.75) is 27.7 Å². The second kappa shape index (κ2) is 4.88. The number of nitrogens with zero attached hydrogens (tertiary/aromatic N) is 2. The van der Waals surface area contributed by atoms with Crippen LogP contribution in [0.1, 0.15) is 32.7 Å². The summed E-state index contributed by atoms with van der Waals surface area (Å²) in [5.74, 6) is -0.111. The van der Waals surface area contributed by atoms with Crippen molar-refractivity contribution in [2.75, 3.05) is 5.32 Å². The van der Waals surface area contributed by atoms with Crippen molar-refractivity contribution in [1.82, 2.24) is 9.78 Å². The average molecular weight is 257 g/mol. The number of benzene rings is 1.